The van der Waals surface area contributed by atoms with Gasteiger partial charge < -0.3 is 4.52 Å². The van der Waals surface area contributed by atoms with Gasteiger partial charge in [-0.1, -0.05) is 12.1 Å². The first kappa shape index (κ1) is 13.4. The summed E-state index contributed by atoms with van der Waals surface area (Å²) >= 11 is 5.93. The molecule has 0 aliphatic carbocycles. The molecule has 0 aromatic carbocycles. The Balaban J connectivity index is 3.12. The van der Waals surface area contributed by atoms with Crippen molar-refractivity contribution in [3.8, 4) is 0 Å². The third-order valence-electron chi connectivity index (χ3n) is 2.52. The van der Waals surface area contributed by atoms with Gasteiger partial charge in [0.1, 0.15) is 4.75 Å². The number of alkyl halides is 1. The van der Waals surface area contributed by atoms with E-state index in [0.717, 1.165) is 6.26 Å². The summed E-state index contributed by atoms with van der Waals surface area (Å²) in [4.78, 5) is 4.03. The van der Waals surface area contributed by atoms with Gasteiger partial charge >= 0.3 is 0 Å². The number of hydrogen-bond donors (Lipinski definition) is 0. The molecule has 0 amide bonds. The largest absolute Gasteiger partial charge is 0.338 e. The average molecular weight is 267 g/mol. The van der Waals surface area contributed by atoms with E-state index in [-0.39, 0.29) is 11.3 Å². The summed E-state index contributed by atoms with van der Waals surface area (Å²) in [6.45, 7) is 4.93. The van der Waals surface area contributed by atoms with Crippen molar-refractivity contribution in [2.75, 3.05) is 6.26 Å². The van der Waals surface area contributed by atoms with Crippen molar-refractivity contribution in [1.82, 2.24) is 10.1 Å². The number of halogens is 1. The van der Waals surface area contributed by atoms with E-state index in [1.165, 1.54) is 13.8 Å². The van der Waals surface area contributed by atoms with Crippen LogP contribution in [0, 0.1) is 0 Å². The van der Waals surface area contributed by atoms with Crippen LogP contribution in [-0.2, 0) is 14.6 Å². The van der Waals surface area contributed by atoms with Gasteiger partial charge in [0.15, 0.2) is 15.7 Å². The molecule has 5 nitrogen and oxygen atoms in total. The summed E-state index contributed by atoms with van der Waals surface area (Å²) in [5.41, 5.74) is 0. The van der Waals surface area contributed by atoms with Crippen LogP contribution in [0.25, 0.3) is 0 Å². The second-order valence-corrected chi connectivity index (χ2v) is 7.21. The zero-order valence-electron chi connectivity index (χ0n) is 9.69. The average Bonchev–Trinajstić information content (AvgIpc) is 2.64. The van der Waals surface area contributed by atoms with Gasteiger partial charge in [0, 0.05) is 6.26 Å². The molecule has 7 heteroatoms. The first-order chi connectivity index (χ1) is 7.20. The number of sulfone groups is 1. The molecule has 1 unspecified atom stereocenters. The van der Waals surface area contributed by atoms with Gasteiger partial charge in [0.05, 0.1) is 5.38 Å². The maximum atomic E-state index is 11.5. The molecule has 0 radical (unpaired) electrons. The lowest BCUT2D eigenvalue weighted by Gasteiger charge is -2.16. The van der Waals surface area contributed by atoms with E-state index < -0.39 is 14.6 Å². The number of rotatable bonds is 4. The van der Waals surface area contributed by atoms with E-state index in [2.05, 4.69) is 10.1 Å². The van der Waals surface area contributed by atoms with Crippen LogP contribution < -0.4 is 0 Å². The minimum absolute atomic E-state index is 0.0732. The van der Waals surface area contributed by atoms with Gasteiger partial charge in [-0.25, -0.2) is 8.42 Å². The van der Waals surface area contributed by atoms with Crippen molar-refractivity contribution in [3.63, 3.8) is 0 Å². The molecule has 1 aromatic rings. The van der Waals surface area contributed by atoms with Crippen LogP contribution >= 0.6 is 11.6 Å². The molecule has 0 spiro atoms. The Hall–Kier alpha value is -0.620. The Labute approximate surface area is 100 Å². The Morgan fingerprint density at radius 1 is 1.50 bits per heavy atom. The smallest absolute Gasteiger partial charge is 0.247 e. The molecule has 1 atom stereocenters. The zero-order valence-corrected chi connectivity index (χ0v) is 11.3. The highest BCUT2D eigenvalue weighted by Gasteiger charge is 2.38. The summed E-state index contributed by atoms with van der Waals surface area (Å²) in [5.74, 6) is 0.403. The second-order valence-electron chi connectivity index (χ2n) is 4.12. The quantitative estimate of drug-likeness (QED) is 0.780. The maximum absolute atomic E-state index is 11.5. The topological polar surface area (TPSA) is 73.1 Å². The highest BCUT2D eigenvalue weighted by Crippen LogP contribution is 2.29. The molecule has 0 aliphatic heterocycles. The third-order valence-corrected chi connectivity index (χ3v) is 5.05. The zero-order chi connectivity index (χ0) is 12.6. The van der Waals surface area contributed by atoms with Crippen LogP contribution in [0.2, 0.25) is 0 Å². The molecule has 1 aromatic heterocycles. The van der Waals surface area contributed by atoms with Gasteiger partial charge in [-0.15, -0.1) is 11.6 Å². The fraction of sp³-hybridized carbons (Fsp3) is 0.778. The van der Waals surface area contributed by atoms with E-state index in [1.54, 1.807) is 0 Å². The van der Waals surface area contributed by atoms with E-state index >= 15 is 0 Å². The fourth-order valence-electron chi connectivity index (χ4n) is 0.948. The third kappa shape index (κ3) is 2.38. The predicted octanol–water partition coefficient (Wildman–Crippen LogP) is 2.04. The van der Waals surface area contributed by atoms with Crippen molar-refractivity contribution in [1.29, 1.82) is 0 Å². The van der Waals surface area contributed by atoms with Crippen molar-refractivity contribution in [2.45, 2.75) is 37.3 Å². The molecule has 0 N–H and O–H groups in total. The Bertz CT molecular complexity index is 467. The lowest BCUT2D eigenvalue weighted by molar-refractivity contribution is 0.343. The SMILES string of the molecule is CCC(Cl)c1noc(C(C)(C)S(C)(=O)=O)n1. The van der Waals surface area contributed by atoms with Crippen LogP contribution in [0.1, 0.15) is 44.3 Å². The lowest BCUT2D eigenvalue weighted by Crippen LogP contribution is -2.28. The standard InChI is InChI=1S/C9H15ClN2O3S/c1-5-6(10)7-11-8(15-12-7)9(2,3)16(4,13)14/h6H,5H2,1-4H3. The minimum Gasteiger partial charge on any atom is -0.338 e. The Morgan fingerprint density at radius 2 is 2.06 bits per heavy atom. The Morgan fingerprint density at radius 3 is 2.50 bits per heavy atom. The second kappa shape index (κ2) is 4.33. The van der Waals surface area contributed by atoms with Gasteiger partial charge in [-0.05, 0) is 20.3 Å². The summed E-state index contributed by atoms with van der Waals surface area (Å²) in [6.07, 6.45) is 1.79. The summed E-state index contributed by atoms with van der Waals surface area (Å²) in [7, 11) is -3.31. The van der Waals surface area contributed by atoms with Crippen LogP contribution in [0.15, 0.2) is 4.52 Å². The first-order valence-corrected chi connectivity index (χ1v) is 7.20. The normalized spacial score (nSPS) is 15.1. The number of aromatic nitrogens is 2. The first-order valence-electron chi connectivity index (χ1n) is 4.88. The van der Waals surface area contributed by atoms with Gasteiger partial charge in [0.2, 0.25) is 5.89 Å². The van der Waals surface area contributed by atoms with Crippen molar-refractivity contribution >= 4 is 21.4 Å². The number of nitrogens with zero attached hydrogens (tertiary/aromatic N) is 2. The summed E-state index contributed by atoms with van der Waals surface area (Å²) in [5, 5.41) is 3.33. The van der Waals surface area contributed by atoms with E-state index in [9.17, 15) is 8.42 Å². The molecule has 1 heterocycles. The van der Waals surface area contributed by atoms with Crippen molar-refractivity contribution < 1.29 is 12.9 Å². The van der Waals surface area contributed by atoms with Crippen LogP contribution in [0.3, 0.4) is 0 Å². The highest BCUT2D eigenvalue weighted by molar-refractivity contribution is 7.91. The molecule has 0 fully saturated rings. The highest BCUT2D eigenvalue weighted by atomic mass is 35.5. The van der Waals surface area contributed by atoms with Crippen LogP contribution in [0.5, 0.6) is 0 Å². The van der Waals surface area contributed by atoms with Gasteiger partial charge in [-0.3, -0.25) is 0 Å². The maximum Gasteiger partial charge on any atom is 0.247 e. The molecular formula is C9H15ClN2O3S. The molecule has 0 aliphatic rings. The molecule has 1 rings (SSSR count). The molecule has 0 saturated carbocycles. The summed E-state index contributed by atoms with van der Waals surface area (Å²) in [6, 6.07) is 0. The monoisotopic (exact) mass is 266 g/mol. The molecule has 92 valence electrons. The number of hydrogen-bond acceptors (Lipinski definition) is 5. The predicted molar refractivity (Wildman–Crippen MR) is 61.1 cm³/mol. The van der Waals surface area contributed by atoms with E-state index in [4.69, 9.17) is 16.1 Å². The van der Waals surface area contributed by atoms with Crippen LogP contribution in [0.4, 0.5) is 0 Å². The van der Waals surface area contributed by atoms with Gasteiger partial charge in [-0.2, -0.15) is 4.98 Å². The fourth-order valence-corrected chi connectivity index (χ4v) is 1.44. The molecular weight excluding hydrogens is 252 g/mol. The van der Waals surface area contributed by atoms with Crippen molar-refractivity contribution in [2.24, 2.45) is 0 Å². The molecule has 16 heavy (non-hydrogen) atoms. The van der Waals surface area contributed by atoms with Crippen LogP contribution in [-0.4, -0.2) is 24.8 Å². The molecule has 0 bridgehead atoms. The van der Waals surface area contributed by atoms with E-state index in [0.29, 0.717) is 12.2 Å². The Kier molecular flexibility index (Phi) is 3.64. The summed E-state index contributed by atoms with van der Waals surface area (Å²) < 4.78 is 26.8. The lowest BCUT2D eigenvalue weighted by atomic mass is 10.2. The van der Waals surface area contributed by atoms with Gasteiger partial charge in [0.25, 0.3) is 0 Å². The van der Waals surface area contributed by atoms with E-state index in [1.807, 2.05) is 6.92 Å². The minimum atomic E-state index is -3.31. The molecule has 0 saturated heterocycles. The van der Waals surface area contributed by atoms with Crippen molar-refractivity contribution in [3.05, 3.63) is 11.7 Å².